The van der Waals surface area contributed by atoms with E-state index in [1.807, 2.05) is 6.07 Å². The zero-order valence-corrected chi connectivity index (χ0v) is 16.4. The minimum atomic E-state index is -0.572. The van der Waals surface area contributed by atoms with Crippen LogP contribution in [-0.4, -0.2) is 22.8 Å². The summed E-state index contributed by atoms with van der Waals surface area (Å²) >= 11 is 13.5. The minimum absolute atomic E-state index is 0.0251. The van der Waals surface area contributed by atoms with Gasteiger partial charge in [-0.1, -0.05) is 17.7 Å². The molecule has 1 aliphatic rings. The van der Waals surface area contributed by atoms with E-state index < -0.39 is 11.3 Å². The van der Waals surface area contributed by atoms with Gasteiger partial charge in [0.1, 0.15) is 11.2 Å². The van der Waals surface area contributed by atoms with Crippen molar-refractivity contribution in [2.75, 3.05) is 6.54 Å². The van der Waals surface area contributed by atoms with Gasteiger partial charge in [0.05, 0.1) is 22.7 Å². The van der Waals surface area contributed by atoms with Crippen molar-refractivity contribution >= 4 is 46.1 Å². The van der Waals surface area contributed by atoms with E-state index in [2.05, 4.69) is 33.9 Å². The Morgan fingerprint density at radius 2 is 2.23 bits per heavy atom. The monoisotopic (exact) mass is 455 g/mol. The van der Waals surface area contributed by atoms with E-state index in [1.165, 1.54) is 18.2 Å². The number of hydrogen-bond donors (Lipinski definition) is 2. The molecule has 1 fully saturated rings. The molecule has 0 radical (unpaired) electrons. The number of carbonyl (C=O) groups is 1. The molecule has 0 aromatic heterocycles. The first-order valence-corrected chi connectivity index (χ1v) is 9.13. The highest BCUT2D eigenvalue weighted by atomic mass is 79.9. The van der Waals surface area contributed by atoms with Crippen molar-refractivity contribution in [3.05, 3.63) is 56.8 Å². The van der Waals surface area contributed by atoms with Gasteiger partial charge in [-0.15, -0.1) is 12.6 Å². The molecular formula is C17H12BrClFN3O2S. The van der Waals surface area contributed by atoms with Gasteiger partial charge in [0.15, 0.2) is 11.6 Å². The number of ether oxygens (including phenoxy) is 1. The predicted octanol–water partition coefficient (Wildman–Crippen LogP) is 4.05. The Kier molecular flexibility index (Phi) is 5.73. The maximum absolute atomic E-state index is 15.0. The molecule has 0 spiro atoms. The third kappa shape index (κ3) is 4.13. The van der Waals surface area contributed by atoms with Crippen molar-refractivity contribution in [1.82, 2.24) is 10.2 Å². The Labute approximate surface area is 168 Å². The van der Waals surface area contributed by atoms with Gasteiger partial charge in [-0.2, -0.15) is 5.26 Å². The molecule has 1 amide bonds. The van der Waals surface area contributed by atoms with Crippen LogP contribution in [0.5, 0.6) is 11.5 Å². The van der Waals surface area contributed by atoms with Crippen LogP contribution in [0.15, 0.2) is 34.8 Å². The summed E-state index contributed by atoms with van der Waals surface area (Å²) in [5, 5.41) is 12.0. The van der Waals surface area contributed by atoms with Gasteiger partial charge in [0.2, 0.25) is 5.91 Å². The van der Waals surface area contributed by atoms with Crippen LogP contribution >= 0.6 is 40.2 Å². The molecule has 26 heavy (non-hydrogen) atoms. The van der Waals surface area contributed by atoms with Gasteiger partial charge in [0.25, 0.3) is 0 Å². The molecule has 2 aromatic carbocycles. The highest BCUT2D eigenvalue weighted by Crippen LogP contribution is 2.36. The SMILES string of the molecule is N#Cc1cc(Cl)cc(Oc2c(Br)ccc(CN3CC(=O)NC3S)c2F)c1. The Morgan fingerprint density at radius 1 is 1.46 bits per heavy atom. The highest BCUT2D eigenvalue weighted by Gasteiger charge is 2.28. The molecular weight excluding hydrogens is 445 g/mol. The fourth-order valence-electron chi connectivity index (χ4n) is 2.51. The lowest BCUT2D eigenvalue weighted by molar-refractivity contribution is -0.118. The summed E-state index contributed by atoms with van der Waals surface area (Å²) in [5.74, 6) is -0.515. The second-order valence-electron chi connectivity index (χ2n) is 5.59. The van der Waals surface area contributed by atoms with E-state index in [-0.39, 0.29) is 30.5 Å². The van der Waals surface area contributed by atoms with Gasteiger partial charge in [-0.25, -0.2) is 4.39 Å². The molecule has 1 saturated heterocycles. The van der Waals surface area contributed by atoms with Crippen LogP contribution in [0.1, 0.15) is 11.1 Å². The lowest BCUT2D eigenvalue weighted by Gasteiger charge is -2.20. The van der Waals surface area contributed by atoms with Crippen molar-refractivity contribution in [2.24, 2.45) is 0 Å². The van der Waals surface area contributed by atoms with Crippen molar-refractivity contribution < 1.29 is 13.9 Å². The topological polar surface area (TPSA) is 65.4 Å². The molecule has 5 nitrogen and oxygen atoms in total. The first kappa shape index (κ1) is 19.0. The lowest BCUT2D eigenvalue weighted by Crippen LogP contribution is -2.30. The van der Waals surface area contributed by atoms with Gasteiger partial charge in [-0.3, -0.25) is 9.69 Å². The number of carbonyl (C=O) groups excluding carboxylic acids is 1. The maximum atomic E-state index is 15.0. The fourth-order valence-corrected chi connectivity index (χ4v) is 3.43. The average Bonchev–Trinajstić information content (AvgIpc) is 2.91. The van der Waals surface area contributed by atoms with E-state index in [0.29, 0.717) is 20.6 Å². The first-order valence-electron chi connectivity index (χ1n) is 7.44. The zero-order chi connectivity index (χ0) is 18.8. The second-order valence-corrected chi connectivity index (χ2v) is 7.37. The van der Waals surface area contributed by atoms with Crippen LogP contribution in [0.3, 0.4) is 0 Å². The Balaban J connectivity index is 1.89. The third-order valence-corrected chi connectivity index (χ3v) is 5.00. The van der Waals surface area contributed by atoms with Crippen LogP contribution in [0.25, 0.3) is 0 Å². The molecule has 0 saturated carbocycles. The largest absolute Gasteiger partial charge is 0.453 e. The van der Waals surface area contributed by atoms with Gasteiger partial charge in [-0.05, 0) is 40.2 Å². The van der Waals surface area contributed by atoms with Crippen molar-refractivity contribution in [3.8, 4) is 17.6 Å². The van der Waals surface area contributed by atoms with Gasteiger partial charge in [0, 0.05) is 17.1 Å². The molecule has 0 bridgehead atoms. The molecule has 2 aromatic rings. The van der Waals surface area contributed by atoms with Crippen LogP contribution < -0.4 is 10.1 Å². The summed E-state index contributed by atoms with van der Waals surface area (Å²) in [7, 11) is 0. The van der Waals surface area contributed by atoms with Crippen LogP contribution in [0, 0.1) is 17.1 Å². The smallest absolute Gasteiger partial charge is 0.236 e. The summed E-state index contributed by atoms with van der Waals surface area (Å²) in [5.41, 5.74) is 0.182. The fraction of sp³-hybridized carbons (Fsp3) is 0.176. The number of halogens is 3. The summed E-state index contributed by atoms with van der Waals surface area (Å²) in [6.07, 6.45) is 0. The summed E-state index contributed by atoms with van der Waals surface area (Å²) in [6.45, 7) is 0.320. The Bertz CT molecular complexity index is 922. The molecule has 134 valence electrons. The number of nitrogens with one attached hydrogen (secondary N) is 1. The van der Waals surface area contributed by atoms with E-state index in [4.69, 9.17) is 21.6 Å². The van der Waals surface area contributed by atoms with E-state index >= 15 is 0 Å². The third-order valence-electron chi connectivity index (χ3n) is 3.71. The van der Waals surface area contributed by atoms with Gasteiger partial charge < -0.3 is 10.1 Å². The molecule has 3 rings (SSSR count). The Hall–Kier alpha value is -1.79. The number of benzene rings is 2. The summed E-state index contributed by atoms with van der Waals surface area (Å²) in [6, 6.07) is 9.68. The average molecular weight is 457 g/mol. The van der Waals surface area contributed by atoms with E-state index in [9.17, 15) is 9.18 Å². The molecule has 1 atom stereocenters. The maximum Gasteiger partial charge on any atom is 0.236 e. The minimum Gasteiger partial charge on any atom is -0.453 e. The van der Waals surface area contributed by atoms with Crippen molar-refractivity contribution in [2.45, 2.75) is 12.0 Å². The van der Waals surface area contributed by atoms with Crippen LogP contribution in [0.2, 0.25) is 5.02 Å². The van der Waals surface area contributed by atoms with E-state index in [0.717, 1.165) is 0 Å². The number of amides is 1. The number of nitriles is 1. The number of thiol groups is 1. The second kappa shape index (κ2) is 7.84. The highest BCUT2D eigenvalue weighted by molar-refractivity contribution is 9.10. The zero-order valence-electron chi connectivity index (χ0n) is 13.2. The normalized spacial score (nSPS) is 17.0. The predicted molar refractivity (Wildman–Crippen MR) is 102 cm³/mol. The molecule has 1 heterocycles. The first-order chi connectivity index (χ1) is 12.4. The Morgan fingerprint density at radius 3 is 2.88 bits per heavy atom. The lowest BCUT2D eigenvalue weighted by atomic mass is 10.2. The standard InChI is InChI=1S/C17H12BrClFN3O2S/c18-13-2-1-10(7-23-8-14(24)22-17(23)26)15(20)16(13)25-12-4-9(6-21)3-11(19)5-12/h1-5,17,26H,7-8H2,(H,22,24). The quantitative estimate of drug-likeness (QED) is 0.681. The van der Waals surface area contributed by atoms with Crippen LogP contribution in [-0.2, 0) is 11.3 Å². The van der Waals surface area contributed by atoms with Gasteiger partial charge >= 0.3 is 0 Å². The number of nitrogens with zero attached hydrogens (tertiary/aromatic N) is 2. The van der Waals surface area contributed by atoms with E-state index in [1.54, 1.807) is 17.0 Å². The molecule has 1 N–H and O–H groups in total. The molecule has 1 unspecified atom stereocenters. The number of hydrogen-bond acceptors (Lipinski definition) is 5. The summed E-state index contributed by atoms with van der Waals surface area (Å²) < 4.78 is 21.0. The van der Waals surface area contributed by atoms with Crippen molar-refractivity contribution in [3.63, 3.8) is 0 Å². The molecule has 1 aliphatic heterocycles. The summed E-state index contributed by atoms with van der Waals surface area (Å²) in [4.78, 5) is 13.1. The van der Waals surface area contributed by atoms with Crippen molar-refractivity contribution in [1.29, 1.82) is 5.26 Å². The molecule has 0 aliphatic carbocycles. The van der Waals surface area contributed by atoms with Crippen LogP contribution in [0.4, 0.5) is 4.39 Å². The number of rotatable bonds is 4. The molecule has 9 heteroatoms.